The average Bonchev–Trinajstić information content (AvgIpc) is 2.48. The zero-order chi connectivity index (χ0) is 14.4. The maximum atomic E-state index is 11.9. The van der Waals surface area contributed by atoms with Crippen LogP contribution in [0, 0.1) is 0 Å². The lowest BCUT2D eigenvalue weighted by molar-refractivity contribution is -0.138. The summed E-state index contributed by atoms with van der Waals surface area (Å²) >= 11 is 0. The van der Waals surface area contributed by atoms with E-state index in [1.54, 1.807) is 0 Å². The first-order valence-electron chi connectivity index (χ1n) is 6.33. The number of hydrogen-bond acceptors (Lipinski definition) is 2. The first-order valence-corrected chi connectivity index (χ1v) is 6.33. The minimum Gasteiger partial charge on any atom is -0.481 e. The van der Waals surface area contributed by atoms with Gasteiger partial charge in [0.2, 0.25) is 5.91 Å². The van der Waals surface area contributed by atoms with Gasteiger partial charge >= 0.3 is 5.97 Å². The van der Waals surface area contributed by atoms with E-state index in [1.807, 2.05) is 45.9 Å². The molecule has 1 aliphatic rings. The Hall–Kier alpha value is -1.84. The molecule has 0 aromatic heterocycles. The number of aliphatic carboxylic acids is 1. The molecule has 1 aromatic rings. The van der Waals surface area contributed by atoms with Gasteiger partial charge in [0, 0.05) is 11.1 Å². The molecule has 1 heterocycles. The Morgan fingerprint density at radius 3 is 2.58 bits per heavy atom. The molecule has 1 amide bonds. The number of carboxylic acid groups (broad SMARTS) is 1. The van der Waals surface area contributed by atoms with Gasteiger partial charge in [0.15, 0.2) is 0 Å². The Morgan fingerprint density at radius 2 is 2.00 bits per heavy atom. The summed E-state index contributed by atoms with van der Waals surface area (Å²) in [6, 6.07) is 5.71. The van der Waals surface area contributed by atoms with E-state index < -0.39 is 16.8 Å². The molecule has 0 radical (unpaired) electrons. The van der Waals surface area contributed by atoms with Crippen LogP contribution in [-0.2, 0) is 20.4 Å². The van der Waals surface area contributed by atoms with Gasteiger partial charge in [-0.1, -0.05) is 26.0 Å². The number of rotatable bonds is 3. The molecular formula is C15H19NO3. The van der Waals surface area contributed by atoms with Gasteiger partial charge in [-0.25, -0.2) is 0 Å². The SMILES string of the molecule is CC(C)(CC(=O)O)c1ccc2c(c1)C(C)(C)C(=O)N2. The van der Waals surface area contributed by atoms with E-state index >= 15 is 0 Å². The Kier molecular flexibility index (Phi) is 2.92. The van der Waals surface area contributed by atoms with Crippen LogP contribution < -0.4 is 5.32 Å². The number of benzene rings is 1. The standard InChI is InChI=1S/C15H19NO3/c1-14(2,8-12(17)18)9-5-6-11-10(7-9)15(3,4)13(19)16-11/h5-7H,8H2,1-4H3,(H,16,19)(H,17,18). The summed E-state index contributed by atoms with van der Waals surface area (Å²) in [5, 5.41) is 11.8. The summed E-state index contributed by atoms with van der Waals surface area (Å²) in [6.45, 7) is 7.56. The van der Waals surface area contributed by atoms with Gasteiger partial charge in [-0.05, 0) is 31.0 Å². The van der Waals surface area contributed by atoms with Crippen molar-refractivity contribution in [1.82, 2.24) is 0 Å². The van der Waals surface area contributed by atoms with Crippen molar-refractivity contribution in [2.75, 3.05) is 5.32 Å². The second-order valence-electron chi connectivity index (χ2n) is 6.29. The number of nitrogens with one attached hydrogen (secondary N) is 1. The van der Waals surface area contributed by atoms with Crippen LogP contribution in [-0.4, -0.2) is 17.0 Å². The Labute approximate surface area is 112 Å². The van der Waals surface area contributed by atoms with Crippen molar-refractivity contribution in [3.8, 4) is 0 Å². The monoisotopic (exact) mass is 261 g/mol. The van der Waals surface area contributed by atoms with Crippen molar-refractivity contribution < 1.29 is 14.7 Å². The average molecular weight is 261 g/mol. The zero-order valence-electron chi connectivity index (χ0n) is 11.7. The predicted octanol–water partition coefficient (Wildman–Crippen LogP) is 2.67. The lowest BCUT2D eigenvalue weighted by Crippen LogP contribution is -2.27. The Balaban J connectivity index is 2.46. The summed E-state index contributed by atoms with van der Waals surface area (Å²) < 4.78 is 0. The molecule has 1 aliphatic heterocycles. The molecule has 0 spiro atoms. The van der Waals surface area contributed by atoms with Crippen molar-refractivity contribution in [2.45, 2.75) is 44.9 Å². The van der Waals surface area contributed by atoms with Crippen LogP contribution in [0.1, 0.15) is 45.2 Å². The summed E-state index contributed by atoms with van der Waals surface area (Å²) in [5.74, 6) is -0.838. The van der Waals surface area contributed by atoms with Gasteiger partial charge in [-0.15, -0.1) is 0 Å². The van der Waals surface area contributed by atoms with Crippen molar-refractivity contribution in [1.29, 1.82) is 0 Å². The van der Waals surface area contributed by atoms with E-state index in [-0.39, 0.29) is 12.3 Å². The van der Waals surface area contributed by atoms with E-state index in [9.17, 15) is 9.59 Å². The number of fused-ring (bicyclic) bond motifs is 1. The van der Waals surface area contributed by atoms with Gasteiger partial charge < -0.3 is 10.4 Å². The summed E-state index contributed by atoms with van der Waals surface area (Å²) in [5.41, 5.74) is 1.68. The molecule has 2 rings (SSSR count). The fourth-order valence-corrected chi connectivity index (χ4v) is 2.47. The summed E-state index contributed by atoms with van der Waals surface area (Å²) in [6.07, 6.45) is 0.0631. The predicted molar refractivity (Wildman–Crippen MR) is 73.4 cm³/mol. The van der Waals surface area contributed by atoms with Crippen LogP contribution in [0.5, 0.6) is 0 Å². The maximum absolute atomic E-state index is 11.9. The van der Waals surface area contributed by atoms with E-state index in [0.29, 0.717) is 0 Å². The fraction of sp³-hybridized carbons (Fsp3) is 0.467. The number of carboxylic acids is 1. The minimum absolute atomic E-state index is 0.0179. The molecule has 0 aliphatic carbocycles. The molecule has 4 nitrogen and oxygen atoms in total. The van der Waals surface area contributed by atoms with E-state index in [4.69, 9.17) is 5.11 Å². The van der Waals surface area contributed by atoms with Crippen LogP contribution in [0.4, 0.5) is 5.69 Å². The van der Waals surface area contributed by atoms with E-state index in [2.05, 4.69) is 5.32 Å². The molecule has 19 heavy (non-hydrogen) atoms. The van der Waals surface area contributed by atoms with E-state index in [0.717, 1.165) is 16.8 Å². The van der Waals surface area contributed by atoms with Gasteiger partial charge in [0.1, 0.15) is 0 Å². The number of amides is 1. The van der Waals surface area contributed by atoms with Crippen molar-refractivity contribution in [3.05, 3.63) is 29.3 Å². The first kappa shape index (κ1) is 13.6. The molecule has 0 saturated carbocycles. The third kappa shape index (κ3) is 2.23. The van der Waals surface area contributed by atoms with E-state index in [1.165, 1.54) is 0 Å². The highest BCUT2D eigenvalue weighted by Crippen LogP contribution is 2.40. The van der Waals surface area contributed by atoms with Gasteiger partial charge in [0.05, 0.1) is 11.8 Å². The highest BCUT2D eigenvalue weighted by molar-refractivity contribution is 6.05. The topological polar surface area (TPSA) is 66.4 Å². The largest absolute Gasteiger partial charge is 0.481 e. The minimum atomic E-state index is -0.820. The summed E-state index contributed by atoms with van der Waals surface area (Å²) in [4.78, 5) is 22.8. The Bertz CT molecular complexity index is 559. The molecule has 0 fully saturated rings. The number of carbonyl (C=O) groups excluding carboxylic acids is 1. The van der Waals surface area contributed by atoms with Crippen LogP contribution in [0.2, 0.25) is 0 Å². The van der Waals surface area contributed by atoms with Crippen LogP contribution in [0.3, 0.4) is 0 Å². The lowest BCUT2D eigenvalue weighted by atomic mass is 9.78. The molecule has 2 N–H and O–H groups in total. The second kappa shape index (κ2) is 4.08. The van der Waals surface area contributed by atoms with Crippen LogP contribution in [0.15, 0.2) is 18.2 Å². The third-order valence-electron chi connectivity index (χ3n) is 3.88. The molecule has 4 heteroatoms. The van der Waals surface area contributed by atoms with Crippen LogP contribution >= 0.6 is 0 Å². The van der Waals surface area contributed by atoms with Crippen molar-refractivity contribution in [3.63, 3.8) is 0 Å². The van der Waals surface area contributed by atoms with Gasteiger partial charge in [-0.3, -0.25) is 9.59 Å². The normalized spacial score (nSPS) is 16.9. The third-order valence-corrected chi connectivity index (χ3v) is 3.88. The highest BCUT2D eigenvalue weighted by atomic mass is 16.4. The smallest absolute Gasteiger partial charge is 0.304 e. The van der Waals surface area contributed by atoms with Crippen molar-refractivity contribution in [2.24, 2.45) is 0 Å². The molecule has 0 bridgehead atoms. The van der Waals surface area contributed by atoms with Crippen molar-refractivity contribution >= 4 is 17.6 Å². The molecule has 0 atom stereocenters. The van der Waals surface area contributed by atoms with Crippen LogP contribution in [0.25, 0.3) is 0 Å². The number of carbonyl (C=O) groups is 2. The highest BCUT2D eigenvalue weighted by Gasteiger charge is 2.39. The number of hydrogen-bond donors (Lipinski definition) is 2. The number of anilines is 1. The fourth-order valence-electron chi connectivity index (χ4n) is 2.47. The zero-order valence-corrected chi connectivity index (χ0v) is 11.7. The first-order chi connectivity index (χ1) is 8.64. The molecule has 1 aromatic carbocycles. The molecular weight excluding hydrogens is 242 g/mol. The van der Waals surface area contributed by atoms with Gasteiger partial charge in [-0.2, -0.15) is 0 Å². The quantitative estimate of drug-likeness (QED) is 0.879. The maximum Gasteiger partial charge on any atom is 0.304 e. The molecule has 0 unspecified atom stereocenters. The molecule has 102 valence electrons. The summed E-state index contributed by atoms with van der Waals surface area (Å²) in [7, 11) is 0. The molecule has 0 saturated heterocycles. The van der Waals surface area contributed by atoms with Gasteiger partial charge in [0.25, 0.3) is 0 Å². The second-order valence-corrected chi connectivity index (χ2v) is 6.29. The Morgan fingerprint density at radius 1 is 1.37 bits per heavy atom. The lowest BCUT2D eigenvalue weighted by Gasteiger charge is -2.25.